The highest BCUT2D eigenvalue weighted by molar-refractivity contribution is 5.94. The van der Waals surface area contributed by atoms with Crippen molar-refractivity contribution in [3.05, 3.63) is 48.3 Å². The first-order valence-corrected chi connectivity index (χ1v) is 10.7. The molecule has 2 aromatic rings. The maximum atomic E-state index is 12.6. The van der Waals surface area contributed by atoms with Crippen molar-refractivity contribution < 1.29 is 19.1 Å². The van der Waals surface area contributed by atoms with Crippen LogP contribution in [0.5, 0.6) is 11.5 Å². The number of carbonyl (C=O) groups is 1. The lowest BCUT2D eigenvalue weighted by atomic mass is 10.2. The van der Waals surface area contributed by atoms with E-state index in [0.717, 1.165) is 55.9 Å². The number of nitrogens with zero attached hydrogens (tertiary/aromatic N) is 4. The topological polar surface area (TPSA) is 76.5 Å². The van der Waals surface area contributed by atoms with Gasteiger partial charge in [-0.05, 0) is 50.5 Å². The van der Waals surface area contributed by atoms with E-state index < -0.39 is 0 Å². The van der Waals surface area contributed by atoms with E-state index in [1.807, 2.05) is 42.2 Å². The lowest BCUT2D eigenvalue weighted by molar-refractivity contribution is 0.160. The molecule has 1 aromatic carbocycles. The van der Waals surface area contributed by atoms with Gasteiger partial charge in [-0.2, -0.15) is 0 Å². The number of carbonyl (C=O) groups excluding carboxylic acids is 1. The highest BCUT2D eigenvalue weighted by atomic mass is 16.6. The fourth-order valence-corrected chi connectivity index (χ4v) is 3.38. The van der Waals surface area contributed by atoms with Gasteiger partial charge in [0.2, 0.25) is 0 Å². The fraction of sp³-hybridized carbons (Fsp3) is 0.435. The minimum absolute atomic E-state index is 0.0718. The molecule has 3 rings (SSSR count). The third-order valence-electron chi connectivity index (χ3n) is 5.01. The van der Waals surface area contributed by atoms with Gasteiger partial charge in [0.05, 0.1) is 19.9 Å². The predicted molar refractivity (Wildman–Crippen MR) is 120 cm³/mol. The molecule has 1 aliphatic heterocycles. The molecule has 2 amide bonds. The zero-order valence-electron chi connectivity index (χ0n) is 18.2. The second kappa shape index (κ2) is 11.8. The van der Waals surface area contributed by atoms with Crippen molar-refractivity contribution in [1.82, 2.24) is 9.88 Å². The van der Waals surface area contributed by atoms with Crippen molar-refractivity contribution in [2.75, 3.05) is 44.9 Å². The summed E-state index contributed by atoms with van der Waals surface area (Å²) in [5.74, 6) is 1.44. The van der Waals surface area contributed by atoms with Gasteiger partial charge in [-0.1, -0.05) is 5.16 Å². The molecule has 0 radical (unpaired) electrons. The molecule has 8 nitrogen and oxygen atoms in total. The number of oxime groups is 1. The Morgan fingerprint density at radius 3 is 2.74 bits per heavy atom. The molecule has 1 fully saturated rings. The number of amides is 2. The molecule has 0 saturated carbocycles. The fourth-order valence-electron chi connectivity index (χ4n) is 3.38. The highest BCUT2D eigenvalue weighted by Gasteiger charge is 2.28. The Morgan fingerprint density at radius 2 is 1.97 bits per heavy atom. The average Bonchev–Trinajstić information content (AvgIpc) is 3.17. The third-order valence-corrected chi connectivity index (χ3v) is 5.01. The molecule has 1 saturated heterocycles. The summed E-state index contributed by atoms with van der Waals surface area (Å²) in [6, 6.07) is 9.45. The number of anilines is 1. The second-order valence-corrected chi connectivity index (χ2v) is 7.09. The number of rotatable bonds is 12. The van der Waals surface area contributed by atoms with E-state index >= 15 is 0 Å². The molecule has 2 heterocycles. The number of pyridine rings is 1. The Labute approximate surface area is 183 Å². The molecule has 31 heavy (non-hydrogen) atoms. The lowest BCUT2D eigenvalue weighted by Crippen LogP contribution is -2.32. The van der Waals surface area contributed by atoms with Gasteiger partial charge in [0.1, 0.15) is 18.1 Å². The number of hydrogen-bond acceptors (Lipinski definition) is 6. The molecule has 1 aliphatic rings. The molecular formula is C23H30N4O4. The van der Waals surface area contributed by atoms with Crippen LogP contribution in [-0.2, 0) is 4.84 Å². The Morgan fingerprint density at radius 1 is 1.13 bits per heavy atom. The molecule has 0 unspecified atom stereocenters. The van der Waals surface area contributed by atoms with Crippen LogP contribution >= 0.6 is 0 Å². The van der Waals surface area contributed by atoms with Gasteiger partial charge in [-0.3, -0.25) is 9.88 Å². The summed E-state index contributed by atoms with van der Waals surface area (Å²) in [4.78, 5) is 25.3. The highest BCUT2D eigenvalue weighted by Crippen LogP contribution is 2.24. The summed E-state index contributed by atoms with van der Waals surface area (Å²) >= 11 is 0. The van der Waals surface area contributed by atoms with Crippen LogP contribution in [0.15, 0.2) is 47.9 Å². The number of hydrogen-bond donors (Lipinski definition) is 0. The van der Waals surface area contributed by atoms with Gasteiger partial charge in [0.15, 0.2) is 0 Å². The van der Waals surface area contributed by atoms with Crippen molar-refractivity contribution in [1.29, 1.82) is 0 Å². The number of urea groups is 1. The Hall–Kier alpha value is -3.29. The first-order chi connectivity index (χ1) is 15.2. The van der Waals surface area contributed by atoms with Gasteiger partial charge < -0.3 is 19.2 Å². The maximum absolute atomic E-state index is 12.6. The monoisotopic (exact) mass is 426 g/mol. The van der Waals surface area contributed by atoms with Crippen LogP contribution in [0.2, 0.25) is 0 Å². The average molecular weight is 427 g/mol. The van der Waals surface area contributed by atoms with Gasteiger partial charge in [-0.15, -0.1) is 0 Å². The minimum Gasteiger partial charge on any atom is -0.496 e. The van der Waals surface area contributed by atoms with E-state index in [2.05, 4.69) is 10.1 Å². The van der Waals surface area contributed by atoms with E-state index in [1.165, 1.54) is 0 Å². The van der Waals surface area contributed by atoms with Gasteiger partial charge >= 0.3 is 6.03 Å². The van der Waals surface area contributed by atoms with Crippen LogP contribution in [0, 0.1) is 0 Å². The van der Waals surface area contributed by atoms with E-state index in [1.54, 1.807) is 30.6 Å². The van der Waals surface area contributed by atoms with Crippen molar-refractivity contribution in [3.8, 4) is 11.5 Å². The summed E-state index contributed by atoms with van der Waals surface area (Å²) in [5, 5.41) is 3.87. The van der Waals surface area contributed by atoms with Crippen molar-refractivity contribution in [2.24, 2.45) is 5.16 Å². The maximum Gasteiger partial charge on any atom is 0.324 e. The molecule has 166 valence electrons. The molecule has 0 bridgehead atoms. The molecule has 0 aliphatic carbocycles. The Balaban J connectivity index is 1.36. The number of aromatic nitrogens is 1. The summed E-state index contributed by atoms with van der Waals surface area (Å²) in [6.07, 6.45) is 7.92. The van der Waals surface area contributed by atoms with E-state index in [-0.39, 0.29) is 6.03 Å². The number of benzene rings is 1. The lowest BCUT2D eigenvalue weighted by Gasteiger charge is -2.18. The minimum atomic E-state index is 0.0718. The zero-order chi connectivity index (χ0) is 21.9. The van der Waals surface area contributed by atoms with Crippen LogP contribution in [0.1, 0.15) is 31.7 Å². The standard InChI is InChI=1S/C23H30N4O4/c1-3-31-25-18-19-7-8-21(17-22(19)29-2)30-16-6-4-5-13-26-14-15-27(23(26)28)20-9-11-24-12-10-20/h7-12,17-18H,3-6,13-16H2,1-2H3. The Kier molecular flexibility index (Phi) is 8.51. The SMILES string of the molecule is CCON=Cc1ccc(OCCCCCN2CCN(c3ccncc3)C2=O)cc1OC. The van der Waals surface area contributed by atoms with Crippen LogP contribution < -0.4 is 14.4 Å². The molecule has 0 spiro atoms. The molecule has 1 aromatic heterocycles. The summed E-state index contributed by atoms with van der Waals surface area (Å²) < 4.78 is 11.2. The van der Waals surface area contributed by atoms with Gasteiger partial charge in [0.25, 0.3) is 0 Å². The number of methoxy groups -OCH3 is 1. The van der Waals surface area contributed by atoms with Gasteiger partial charge in [-0.25, -0.2) is 4.79 Å². The van der Waals surface area contributed by atoms with E-state index in [0.29, 0.717) is 19.0 Å². The molecule has 0 atom stereocenters. The van der Waals surface area contributed by atoms with Crippen molar-refractivity contribution in [3.63, 3.8) is 0 Å². The summed E-state index contributed by atoms with van der Waals surface area (Å²) in [6.45, 7) is 5.27. The predicted octanol–water partition coefficient (Wildman–Crippen LogP) is 3.95. The second-order valence-electron chi connectivity index (χ2n) is 7.09. The number of unbranched alkanes of at least 4 members (excludes halogenated alkanes) is 2. The van der Waals surface area contributed by atoms with Crippen LogP contribution in [0.3, 0.4) is 0 Å². The molecule has 8 heteroatoms. The zero-order valence-corrected chi connectivity index (χ0v) is 18.2. The van der Waals surface area contributed by atoms with Crippen LogP contribution in [-0.4, -0.2) is 62.1 Å². The molecule has 0 N–H and O–H groups in total. The largest absolute Gasteiger partial charge is 0.496 e. The van der Waals surface area contributed by atoms with Crippen LogP contribution in [0.25, 0.3) is 0 Å². The first kappa shape index (κ1) is 22.4. The van der Waals surface area contributed by atoms with Gasteiger partial charge in [0, 0.05) is 49.3 Å². The van der Waals surface area contributed by atoms with Crippen molar-refractivity contribution >= 4 is 17.9 Å². The summed E-state index contributed by atoms with van der Waals surface area (Å²) in [7, 11) is 1.62. The van der Waals surface area contributed by atoms with Crippen molar-refractivity contribution in [2.45, 2.75) is 26.2 Å². The number of ether oxygens (including phenoxy) is 2. The third kappa shape index (κ3) is 6.34. The van der Waals surface area contributed by atoms with E-state index in [4.69, 9.17) is 14.3 Å². The first-order valence-electron chi connectivity index (χ1n) is 10.7. The molecular weight excluding hydrogens is 396 g/mol. The Bertz CT molecular complexity index is 860. The quantitative estimate of drug-likeness (QED) is 0.292. The smallest absolute Gasteiger partial charge is 0.324 e. The van der Waals surface area contributed by atoms with E-state index in [9.17, 15) is 4.79 Å². The van der Waals surface area contributed by atoms with Crippen LogP contribution in [0.4, 0.5) is 10.5 Å². The summed E-state index contributed by atoms with van der Waals surface area (Å²) in [5.41, 5.74) is 1.74. The normalized spacial score (nSPS) is 13.8.